The Labute approximate surface area is 196 Å². The Hall–Kier alpha value is -4.33. The number of para-hydroxylation sites is 1. The molecule has 1 atom stereocenters. The highest BCUT2D eigenvalue weighted by Crippen LogP contribution is 2.35. The lowest BCUT2D eigenvalue weighted by Gasteiger charge is -2.32. The highest BCUT2D eigenvalue weighted by molar-refractivity contribution is 5.92. The largest absolute Gasteiger partial charge is 0.457 e. The van der Waals surface area contributed by atoms with Crippen molar-refractivity contribution in [1.82, 2.24) is 19.7 Å². The molecule has 34 heavy (non-hydrogen) atoms. The standard InChI is InChI=1S/C26H25N5O3/c1-2-22(32)30-14-6-7-17(15-30)21-16-31(24-23(21)26(33)29-28-25(24)27)18-10-12-20(13-11-18)34-19-8-4-3-5-9-19/h2-5,8-13,16-17H,1,6-7,14-15H2,(H2,27,28)(H,29,33). The van der Waals surface area contributed by atoms with Crippen molar-refractivity contribution < 1.29 is 9.53 Å². The number of carbonyl (C=O) groups excluding carboxylic acids is 1. The van der Waals surface area contributed by atoms with Crippen LogP contribution in [0.25, 0.3) is 16.6 Å². The van der Waals surface area contributed by atoms with E-state index in [0.29, 0.717) is 29.7 Å². The van der Waals surface area contributed by atoms with Crippen LogP contribution in [0, 0.1) is 0 Å². The minimum Gasteiger partial charge on any atom is -0.457 e. The van der Waals surface area contributed by atoms with Gasteiger partial charge >= 0.3 is 0 Å². The van der Waals surface area contributed by atoms with Crippen LogP contribution in [0.5, 0.6) is 11.5 Å². The van der Waals surface area contributed by atoms with Gasteiger partial charge in [-0.1, -0.05) is 24.8 Å². The molecule has 1 fully saturated rings. The monoisotopic (exact) mass is 455 g/mol. The number of hydrogen-bond acceptors (Lipinski definition) is 5. The van der Waals surface area contributed by atoms with Gasteiger partial charge in [-0.05, 0) is 60.9 Å². The van der Waals surface area contributed by atoms with Gasteiger partial charge in [0, 0.05) is 30.9 Å². The number of carbonyl (C=O) groups is 1. The minimum atomic E-state index is -0.297. The van der Waals surface area contributed by atoms with Crippen molar-refractivity contribution in [1.29, 1.82) is 0 Å². The third-order valence-corrected chi connectivity index (χ3v) is 6.22. The van der Waals surface area contributed by atoms with Crippen molar-refractivity contribution in [2.45, 2.75) is 18.8 Å². The number of anilines is 1. The lowest BCUT2D eigenvalue weighted by atomic mass is 9.90. The Kier molecular flexibility index (Phi) is 5.63. The second-order valence-corrected chi connectivity index (χ2v) is 8.35. The average molecular weight is 456 g/mol. The first-order chi connectivity index (χ1) is 16.5. The lowest BCUT2D eigenvalue weighted by molar-refractivity contribution is -0.127. The summed E-state index contributed by atoms with van der Waals surface area (Å²) in [5, 5.41) is 7.02. The molecule has 5 rings (SSSR count). The number of nitrogens with zero attached hydrogens (tertiary/aromatic N) is 3. The molecule has 3 heterocycles. The van der Waals surface area contributed by atoms with E-state index < -0.39 is 0 Å². The third kappa shape index (κ3) is 3.94. The van der Waals surface area contributed by atoms with Crippen LogP contribution in [0.4, 0.5) is 5.82 Å². The summed E-state index contributed by atoms with van der Waals surface area (Å²) in [6.07, 6.45) is 4.99. The fourth-order valence-electron chi connectivity index (χ4n) is 4.61. The van der Waals surface area contributed by atoms with Crippen LogP contribution in [-0.4, -0.2) is 38.7 Å². The molecule has 0 radical (unpaired) electrons. The molecule has 1 saturated heterocycles. The molecule has 1 aliphatic rings. The fourth-order valence-corrected chi connectivity index (χ4v) is 4.61. The summed E-state index contributed by atoms with van der Waals surface area (Å²) in [6.45, 7) is 4.81. The molecular formula is C26H25N5O3. The number of likely N-dealkylation sites (tertiary alicyclic amines) is 1. The van der Waals surface area contributed by atoms with E-state index in [0.717, 1.165) is 29.8 Å². The van der Waals surface area contributed by atoms with Gasteiger partial charge in [0.1, 0.15) is 17.0 Å². The first-order valence-electron chi connectivity index (χ1n) is 11.2. The molecule has 1 aliphatic heterocycles. The van der Waals surface area contributed by atoms with E-state index in [2.05, 4.69) is 16.8 Å². The molecule has 2 aromatic carbocycles. The van der Waals surface area contributed by atoms with E-state index in [9.17, 15) is 9.59 Å². The number of aromatic nitrogens is 3. The van der Waals surface area contributed by atoms with Gasteiger partial charge in [-0.25, -0.2) is 5.10 Å². The molecule has 0 bridgehead atoms. The number of amides is 1. The summed E-state index contributed by atoms with van der Waals surface area (Å²) in [5.41, 5.74) is 8.17. The molecule has 172 valence electrons. The predicted octanol–water partition coefficient (Wildman–Crippen LogP) is 3.98. The van der Waals surface area contributed by atoms with Crippen molar-refractivity contribution >= 4 is 22.6 Å². The Morgan fingerprint density at radius 3 is 2.62 bits per heavy atom. The molecule has 3 N–H and O–H groups in total. The van der Waals surface area contributed by atoms with E-state index in [4.69, 9.17) is 10.5 Å². The van der Waals surface area contributed by atoms with Gasteiger partial charge in [0.2, 0.25) is 5.91 Å². The first kappa shape index (κ1) is 21.5. The highest BCUT2D eigenvalue weighted by atomic mass is 16.5. The Morgan fingerprint density at radius 2 is 1.88 bits per heavy atom. The Balaban J connectivity index is 1.55. The number of benzene rings is 2. The zero-order valence-electron chi connectivity index (χ0n) is 18.6. The smallest absolute Gasteiger partial charge is 0.274 e. The lowest BCUT2D eigenvalue weighted by Crippen LogP contribution is -2.38. The molecule has 1 amide bonds. The summed E-state index contributed by atoms with van der Waals surface area (Å²) in [5.74, 6) is 1.59. The molecule has 1 unspecified atom stereocenters. The highest BCUT2D eigenvalue weighted by Gasteiger charge is 2.28. The second kappa shape index (κ2) is 8.90. The molecular weight excluding hydrogens is 430 g/mol. The molecule has 0 saturated carbocycles. The quantitative estimate of drug-likeness (QED) is 0.443. The molecule has 8 nitrogen and oxygen atoms in total. The van der Waals surface area contributed by atoms with Gasteiger partial charge in [-0.2, -0.15) is 5.10 Å². The van der Waals surface area contributed by atoms with Crippen molar-refractivity contribution in [3.05, 3.63) is 89.4 Å². The zero-order valence-corrected chi connectivity index (χ0v) is 18.6. The van der Waals surface area contributed by atoms with Gasteiger partial charge < -0.3 is 19.9 Å². The van der Waals surface area contributed by atoms with Gasteiger partial charge in [0.25, 0.3) is 5.56 Å². The molecule has 4 aromatic rings. The van der Waals surface area contributed by atoms with E-state index in [1.165, 1.54) is 6.08 Å². The SMILES string of the molecule is C=CC(=O)N1CCCC(c2cn(-c3ccc(Oc4ccccc4)cc3)c3c(N)n[nH]c(=O)c23)C1. The van der Waals surface area contributed by atoms with Crippen LogP contribution in [0.2, 0.25) is 0 Å². The number of nitrogens with one attached hydrogen (secondary N) is 1. The van der Waals surface area contributed by atoms with Crippen LogP contribution in [0.1, 0.15) is 24.3 Å². The molecule has 2 aromatic heterocycles. The number of fused-ring (bicyclic) bond motifs is 1. The van der Waals surface area contributed by atoms with Crippen molar-refractivity contribution in [3.8, 4) is 17.2 Å². The van der Waals surface area contributed by atoms with Crippen molar-refractivity contribution in [2.75, 3.05) is 18.8 Å². The van der Waals surface area contributed by atoms with E-state index in [1.54, 1.807) is 4.90 Å². The summed E-state index contributed by atoms with van der Waals surface area (Å²) < 4.78 is 7.79. The number of piperidine rings is 1. The van der Waals surface area contributed by atoms with Crippen LogP contribution < -0.4 is 16.0 Å². The first-order valence-corrected chi connectivity index (χ1v) is 11.2. The Bertz CT molecular complexity index is 1410. The molecule has 0 spiro atoms. The summed E-state index contributed by atoms with van der Waals surface area (Å²) >= 11 is 0. The van der Waals surface area contributed by atoms with Gasteiger partial charge in [0.05, 0.1) is 5.39 Å². The van der Waals surface area contributed by atoms with Crippen molar-refractivity contribution in [2.24, 2.45) is 0 Å². The maximum absolute atomic E-state index is 12.9. The van der Waals surface area contributed by atoms with E-state index in [1.807, 2.05) is 65.4 Å². The third-order valence-electron chi connectivity index (χ3n) is 6.22. The van der Waals surface area contributed by atoms with E-state index in [-0.39, 0.29) is 23.2 Å². The second-order valence-electron chi connectivity index (χ2n) is 8.35. The number of H-pyrrole nitrogens is 1. The summed E-state index contributed by atoms with van der Waals surface area (Å²) in [6, 6.07) is 17.1. The van der Waals surface area contributed by atoms with Gasteiger partial charge in [-0.15, -0.1) is 0 Å². The van der Waals surface area contributed by atoms with Crippen molar-refractivity contribution in [3.63, 3.8) is 0 Å². The topological polar surface area (TPSA) is 106 Å². The normalized spacial score (nSPS) is 15.9. The van der Waals surface area contributed by atoms with Crippen LogP contribution in [0.3, 0.4) is 0 Å². The zero-order chi connectivity index (χ0) is 23.7. The maximum atomic E-state index is 12.9. The molecule has 0 aliphatic carbocycles. The number of nitrogen functional groups attached to an aromatic ring is 1. The summed E-state index contributed by atoms with van der Waals surface area (Å²) in [4.78, 5) is 26.9. The number of rotatable bonds is 5. The average Bonchev–Trinajstić information content (AvgIpc) is 3.29. The number of ether oxygens (including phenoxy) is 1. The van der Waals surface area contributed by atoms with Gasteiger partial charge in [-0.3, -0.25) is 9.59 Å². The number of aromatic amines is 1. The van der Waals surface area contributed by atoms with Gasteiger partial charge in [0.15, 0.2) is 5.82 Å². The number of hydrogen-bond donors (Lipinski definition) is 2. The van der Waals surface area contributed by atoms with E-state index >= 15 is 0 Å². The minimum absolute atomic E-state index is 0.00462. The summed E-state index contributed by atoms with van der Waals surface area (Å²) in [7, 11) is 0. The van der Waals surface area contributed by atoms with Crippen LogP contribution in [-0.2, 0) is 4.79 Å². The number of nitrogens with two attached hydrogens (primary N) is 1. The fraction of sp³-hybridized carbons (Fsp3) is 0.192. The Morgan fingerprint density at radius 1 is 1.15 bits per heavy atom. The van der Waals surface area contributed by atoms with Crippen LogP contribution in [0.15, 0.2) is 78.2 Å². The molecule has 8 heteroatoms. The maximum Gasteiger partial charge on any atom is 0.274 e. The van der Waals surface area contributed by atoms with Crippen LogP contribution >= 0.6 is 0 Å². The predicted molar refractivity (Wildman–Crippen MR) is 131 cm³/mol.